The molecular formula is C11H20N2. The summed E-state index contributed by atoms with van der Waals surface area (Å²) in [5.41, 5.74) is 13.3. The fraction of sp³-hybridized carbons (Fsp3) is 0.455. The van der Waals surface area contributed by atoms with Crippen LogP contribution in [0.25, 0.3) is 0 Å². The Bertz CT molecular complexity index is 214. The number of hydrogen-bond acceptors (Lipinski definition) is 2. The average molecular weight is 180 g/mol. The van der Waals surface area contributed by atoms with E-state index in [1.165, 1.54) is 11.1 Å². The number of rotatable bonds is 2. The van der Waals surface area contributed by atoms with Gasteiger partial charge in [-0.25, -0.2) is 0 Å². The van der Waals surface area contributed by atoms with Crippen LogP contribution in [0.2, 0.25) is 0 Å². The van der Waals surface area contributed by atoms with Gasteiger partial charge in [0.05, 0.1) is 6.17 Å². The first-order valence-electron chi connectivity index (χ1n) is 4.75. The first-order chi connectivity index (χ1) is 6.18. The summed E-state index contributed by atoms with van der Waals surface area (Å²) in [5.74, 6) is 0. The first-order valence-corrected chi connectivity index (χ1v) is 4.75. The van der Waals surface area contributed by atoms with Crippen LogP contribution in [0.15, 0.2) is 24.3 Å². The van der Waals surface area contributed by atoms with Gasteiger partial charge >= 0.3 is 0 Å². The van der Waals surface area contributed by atoms with Crippen LogP contribution < -0.4 is 11.5 Å². The highest BCUT2D eigenvalue weighted by molar-refractivity contribution is 5.21. The second-order valence-corrected chi connectivity index (χ2v) is 2.85. The van der Waals surface area contributed by atoms with Crippen LogP contribution in [-0.2, 0) is 6.42 Å². The molecule has 0 aromatic heterocycles. The van der Waals surface area contributed by atoms with Crippen LogP contribution >= 0.6 is 0 Å². The zero-order valence-corrected chi connectivity index (χ0v) is 8.75. The minimum atomic E-state index is -0.238. The Hall–Kier alpha value is -0.860. The van der Waals surface area contributed by atoms with Crippen molar-refractivity contribution < 1.29 is 0 Å². The molecule has 0 unspecified atom stereocenters. The Balaban J connectivity index is 0.000000671. The maximum absolute atomic E-state index is 5.44. The number of aryl methyl sites for hydroxylation is 1. The van der Waals surface area contributed by atoms with Gasteiger partial charge in [0.2, 0.25) is 0 Å². The van der Waals surface area contributed by atoms with Gasteiger partial charge in [0, 0.05) is 6.42 Å². The van der Waals surface area contributed by atoms with E-state index in [-0.39, 0.29) is 6.17 Å². The van der Waals surface area contributed by atoms with E-state index >= 15 is 0 Å². The van der Waals surface area contributed by atoms with Gasteiger partial charge in [-0.15, -0.1) is 0 Å². The highest BCUT2D eigenvalue weighted by Gasteiger charge is 1.95. The Morgan fingerprint density at radius 3 is 1.92 bits per heavy atom. The topological polar surface area (TPSA) is 52.0 Å². The van der Waals surface area contributed by atoms with Gasteiger partial charge < -0.3 is 11.5 Å². The monoisotopic (exact) mass is 180 g/mol. The number of hydrogen-bond donors (Lipinski definition) is 2. The summed E-state index contributed by atoms with van der Waals surface area (Å²) in [4.78, 5) is 0. The fourth-order valence-electron chi connectivity index (χ4n) is 0.996. The minimum absolute atomic E-state index is 0.238. The molecule has 4 N–H and O–H groups in total. The molecule has 1 aromatic rings. The average Bonchev–Trinajstić information content (AvgIpc) is 2.12. The van der Waals surface area contributed by atoms with Crippen molar-refractivity contribution in [2.24, 2.45) is 11.5 Å². The lowest BCUT2D eigenvalue weighted by Gasteiger charge is -2.04. The van der Waals surface area contributed by atoms with Crippen molar-refractivity contribution in [2.45, 2.75) is 33.4 Å². The van der Waals surface area contributed by atoms with Crippen molar-refractivity contribution in [3.63, 3.8) is 0 Å². The van der Waals surface area contributed by atoms with Crippen molar-refractivity contribution in [1.29, 1.82) is 0 Å². The number of benzene rings is 1. The molecule has 0 aliphatic heterocycles. The fourth-order valence-corrected chi connectivity index (χ4v) is 0.996. The molecule has 0 bridgehead atoms. The van der Waals surface area contributed by atoms with Crippen molar-refractivity contribution in [1.82, 2.24) is 0 Å². The summed E-state index contributed by atoms with van der Waals surface area (Å²) in [6, 6.07) is 8.25. The smallest absolute Gasteiger partial charge is 0.0562 e. The summed E-state index contributed by atoms with van der Waals surface area (Å²) in [6.07, 6.45) is 0.512. The van der Waals surface area contributed by atoms with E-state index in [9.17, 15) is 0 Å². The van der Waals surface area contributed by atoms with Crippen LogP contribution in [0, 0.1) is 6.92 Å². The second kappa shape index (κ2) is 6.63. The molecule has 0 aliphatic carbocycles. The molecular weight excluding hydrogens is 160 g/mol. The maximum atomic E-state index is 5.44. The summed E-state index contributed by atoms with van der Waals surface area (Å²) >= 11 is 0. The third kappa shape index (κ3) is 5.39. The molecule has 0 saturated heterocycles. The number of nitrogens with two attached hydrogens (primary N) is 2. The van der Waals surface area contributed by atoms with Crippen LogP contribution in [0.1, 0.15) is 25.0 Å². The van der Waals surface area contributed by atoms with E-state index in [0.717, 1.165) is 6.42 Å². The van der Waals surface area contributed by atoms with Crippen LogP contribution in [0.4, 0.5) is 0 Å². The first kappa shape index (κ1) is 12.1. The molecule has 1 rings (SSSR count). The van der Waals surface area contributed by atoms with E-state index in [2.05, 4.69) is 31.2 Å². The quantitative estimate of drug-likeness (QED) is 0.682. The van der Waals surface area contributed by atoms with Gasteiger partial charge in [0.25, 0.3) is 0 Å². The lowest BCUT2D eigenvalue weighted by molar-refractivity contribution is 0.703. The Kier molecular flexibility index (Phi) is 6.20. The minimum Gasteiger partial charge on any atom is -0.316 e. The Morgan fingerprint density at radius 2 is 1.54 bits per heavy atom. The zero-order chi connectivity index (χ0) is 10.3. The largest absolute Gasteiger partial charge is 0.316 e. The highest BCUT2D eigenvalue weighted by atomic mass is 14.8. The predicted molar refractivity (Wildman–Crippen MR) is 58.4 cm³/mol. The summed E-state index contributed by atoms with van der Waals surface area (Å²) in [5, 5.41) is 0. The highest BCUT2D eigenvalue weighted by Crippen LogP contribution is 2.03. The van der Waals surface area contributed by atoms with E-state index in [1.807, 2.05) is 13.8 Å². The lowest BCUT2D eigenvalue weighted by Crippen LogP contribution is -2.32. The van der Waals surface area contributed by atoms with Crippen molar-refractivity contribution in [3.8, 4) is 0 Å². The van der Waals surface area contributed by atoms with Crippen LogP contribution in [0.3, 0.4) is 0 Å². The molecule has 0 saturated carbocycles. The molecule has 2 nitrogen and oxygen atoms in total. The zero-order valence-electron chi connectivity index (χ0n) is 8.75. The predicted octanol–water partition coefficient (Wildman–Crippen LogP) is 1.81. The third-order valence-electron chi connectivity index (χ3n) is 1.59. The van der Waals surface area contributed by atoms with Gasteiger partial charge in [-0.3, -0.25) is 0 Å². The normalized spacial score (nSPS) is 9.38. The molecule has 0 amide bonds. The van der Waals surface area contributed by atoms with Gasteiger partial charge in [0.1, 0.15) is 0 Å². The van der Waals surface area contributed by atoms with Crippen LogP contribution in [0.5, 0.6) is 0 Å². The van der Waals surface area contributed by atoms with Crippen LogP contribution in [-0.4, -0.2) is 6.17 Å². The molecule has 0 spiro atoms. The summed E-state index contributed by atoms with van der Waals surface area (Å²) in [6.45, 7) is 6.06. The molecule has 0 fully saturated rings. The molecule has 74 valence electrons. The molecule has 2 heteroatoms. The third-order valence-corrected chi connectivity index (χ3v) is 1.59. The van der Waals surface area contributed by atoms with Crippen molar-refractivity contribution >= 4 is 0 Å². The molecule has 0 heterocycles. The van der Waals surface area contributed by atoms with Crippen molar-refractivity contribution in [3.05, 3.63) is 35.4 Å². The SMILES string of the molecule is CC.Cc1ccc(CC(N)N)cc1. The maximum Gasteiger partial charge on any atom is 0.0562 e. The second-order valence-electron chi connectivity index (χ2n) is 2.85. The molecule has 0 atom stereocenters. The lowest BCUT2D eigenvalue weighted by atomic mass is 10.1. The van der Waals surface area contributed by atoms with Gasteiger partial charge in [0.15, 0.2) is 0 Å². The van der Waals surface area contributed by atoms with E-state index in [0.29, 0.717) is 0 Å². The van der Waals surface area contributed by atoms with E-state index in [1.54, 1.807) is 0 Å². The Morgan fingerprint density at radius 1 is 1.08 bits per heavy atom. The molecule has 0 aliphatic rings. The standard InChI is InChI=1S/C9H14N2.C2H6/c1-7-2-4-8(5-3-7)6-9(10)11;1-2/h2-5,9H,6,10-11H2,1H3;1-2H3. The van der Waals surface area contributed by atoms with Gasteiger partial charge in [-0.05, 0) is 12.5 Å². The molecule has 13 heavy (non-hydrogen) atoms. The van der Waals surface area contributed by atoms with Crippen molar-refractivity contribution in [2.75, 3.05) is 0 Å². The molecule has 0 radical (unpaired) electrons. The van der Waals surface area contributed by atoms with E-state index < -0.39 is 0 Å². The van der Waals surface area contributed by atoms with E-state index in [4.69, 9.17) is 11.5 Å². The van der Waals surface area contributed by atoms with Gasteiger partial charge in [-0.2, -0.15) is 0 Å². The molecule has 1 aromatic carbocycles. The Labute approximate surface area is 80.9 Å². The summed E-state index contributed by atoms with van der Waals surface area (Å²) in [7, 11) is 0. The summed E-state index contributed by atoms with van der Waals surface area (Å²) < 4.78 is 0. The van der Waals surface area contributed by atoms with Gasteiger partial charge in [-0.1, -0.05) is 43.7 Å².